The fourth-order valence-electron chi connectivity index (χ4n) is 4.98. The van der Waals surface area contributed by atoms with Gasteiger partial charge in [-0.25, -0.2) is 0 Å². The van der Waals surface area contributed by atoms with Crippen LogP contribution in [-0.4, -0.2) is 32.7 Å². The van der Waals surface area contributed by atoms with Crippen LogP contribution < -0.4 is 16.0 Å². The number of rotatable bonds is 4. The van der Waals surface area contributed by atoms with E-state index in [4.69, 9.17) is 16.3 Å². The van der Waals surface area contributed by atoms with Crippen LogP contribution in [0, 0.1) is 6.92 Å². The number of anilines is 1. The number of benzene rings is 1. The third-order valence-corrected chi connectivity index (χ3v) is 7.18. The first-order valence-corrected chi connectivity index (χ1v) is 11.8. The van der Waals surface area contributed by atoms with E-state index in [1.165, 1.54) is 15.8 Å². The summed E-state index contributed by atoms with van der Waals surface area (Å²) in [6, 6.07) is 8.22. The Morgan fingerprint density at radius 3 is 2.82 bits per heavy atom. The van der Waals surface area contributed by atoms with Crippen LogP contribution in [0.25, 0.3) is 0 Å². The minimum Gasteiger partial charge on any atom is -0.364 e. The Kier molecular flexibility index (Phi) is 5.88. The van der Waals surface area contributed by atoms with E-state index in [-0.39, 0.29) is 28.4 Å². The Balaban J connectivity index is 1.43. The summed E-state index contributed by atoms with van der Waals surface area (Å²) < 4.78 is 9.02. The van der Waals surface area contributed by atoms with Gasteiger partial charge in [-0.2, -0.15) is 9.78 Å². The number of aromatic nitrogens is 4. The average Bonchev–Trinajstić information content (AvgIpc) is 3.17. The molecule has 0 spiro atoms. The van der Waals surface area contributed by atoms with Gasteiger partial charge < -0.3 is 9.64 Å². The molecule has 0 saturated carbocycles. The van der Waals surface area contributed by atoms with Crippen LogP contribution in [0.2, 0.25) is 5.02 Å². The molecule has 5 rings (SSSR count). The second-order valence-corrected chi connectivity index (χ2v) is 9.23. The van der Waals surface area contributed by atoms with Crippen LogP contribution in [0.5, 0.6) is 0 Å². The summed E-state index contributed by atoms with van der Waals surface area (Å²) in [6.07, 6.45) is 4.64. The minimum atomic E-state index is -0.370. The molecule has 1 N–H and O–H groups in total. The minimum absolute atomic E-state index is 0.0128. The van der Waals surface area contributed by atoms with Crippen molar-refractivity contribution in [3.05, 3.63) is 78.6 Å². The lowest BCUT2D eigenvalue weighted by atomic mass is 10.0. The number of aryl methyl sites for hydroxylation is 1. The fraction of sp³-hybridized carbons (Fsp3) is 0.458. The smallest absolute Gasteiger partial charge is 0.290 e. The number of aromatic amines is 1. The molecule has 2 aliphatic rings. The average molecular weight is 470 g/mol. The van der Waals surface area contributed by atoms with Gasteiger partial charge in [0.05, 0.1) is 30.0 Å². The molecule has 1 aromatic carbocycles. The van der Waals surface area contributed by atoms with Crippen LogP contribution in [-0.2, 0) is 17.7 Å². The lowest BCUT2D eigenvalue weighted by Crippen LogP contribution is -2.36. The van der Waals surface area contributed by atoms with E-state index in [1.807, 2.05) is 21.7 Å². The molecule has 1 saturated heterocycles. The first kappa shape index (κ1) is 22.0. The molecule has 1 fully saturated rings. The van der Waals surface area contributed by atoms with Crippen molar-refractivity contribution in [1.82, 2.24) is 19.6 Å². The van der Waals surface area contributed by atoms with Gasteiger partial charge >= 0.3 is 0 Å². The van der Waals surface area contributed by atoms with Gasteiger partial charge in [-0.05, 0) is 44.2 Å². The molecule has 9 heteroatoms. The summed E-state index contributed by atoms with van der Waals surface area (Å²) in [5, 5.41) is 7.51. The number of hydrogen-bond acceptors (Lipinski definition) is 5. The number of fused-ring (bicyclic) bond motifs is 1. The van der Waals surface area contributed by atoms with Crippen LogP contribution in [0.4, 0.5) is 5.69 Å². The first-order chi connectivity index (χ1) is 16.0. The predicted octanol–water partition coefficient (Wildman–Crippen LogP) is 3.57. The molecule has 4 heterocycles. The lowest BCUT2D eigenvalue weighted by molar-refractivity contribution is -0.0424. The van der Waals surface area contributed by atoms with Crippen LogP contribution >= 0.6 is 11.6 Å². The topological polar surface area (TPSA) is 85.2 Å². The normalized spacial score (nSPS) is 19.4. The van der Waals surface area contributed by atoms with Crippen molar-refractivity contribution in [2.45, 2.75) is 58.3 Å². The van der Waals surface area contributed by atoms with Gasteiger partial charge in [0.15, 0.2) is 6.23 Å². The van der Waals surface area contributed by atoms with Crippen LogP contribution in [0.1, 0.15) is 60.8 Å². The van der Waals surface area contributed by atoms with Gasteiger partial charge in [0, 0.05) is 25.3 Å². The van der Waals surface area contributed by atoms with Gasteiger partial charge in [0.1, 0.15) is 5.02 Å². The zero-order valence-corrected chi connectivity index (χ0v) is 19.6. The number of nitrogens with zero attached hydrogens (tertiary/aromatic N) is 4. The van der Waals surface area contributed by atoms with Gasteiger partial charge in [0.25, 0.3) is 11.1 Å². The van der Waals surface area contributed by atoms with E-state index in [0.29, 0.717) is 37.4 Å². The van der Waals surface area contributed by atoms with Crippen molar-refractivity contribution in [2.75, 3.05) is 18.1 Å². The lowest BCUT2D eigenvalue weighted by Gasteiger charge is -2.31. The van der Waals surface area contributed by atoms with Crippen molar-refractivity contribution in [2.24, 2.45) is 0 Å². The number of nitrogens with one attached hydrogen (secondary N) is 1. The van der Waals surface area contributed by atoms with Crippen molar-refractivity contribution < 1.29 is 4.74 Å². The molecule has 8 nitrogen and oxygen atoms in total. The summed E-state index contributed by atoms with van der Waals surface area (Å²) in [5.74, 6) is 0. The zero-order valence-electron chi connectivity index (χ0n) is 18.9. The molecule has 3 aromatic rings. The van der Waals surface area contributed by atoms with Crippen LogP contribution in [0.15, 0.2) is 40.1 Å². The Labute approximate surface area is 196 Å². The number of ether oxygens (including phenoxy) is 1. The molecule has 0 aliphatic carbocycles. The molecule has 2 aliphatic heterocycles. The predicted molar refractivity (Wildman–Crippen MR) is 127 cm³/mol. The molecular weight excluding hydrogens is 442 g/mol. The largest absolute Gasteiger partial charge is 0.364 e. The van der Waals surface area contributed by atoms with E-state index >= 15 is 0 Å². The number of H-pyrrole nitrogens is 1. The maximum Gasteiger partial charge on any atom is 0.290 e. The molecule has 0 bridgehead atoms. The van der Waals surface area contributed by atoms with Crippen molar-refractivity contribution in [3.63, 3.8) is 0 Å². The summed E-state index contributed by atoms with van der Waals surface area (Å²) in [5.41, 5.74) is 4.16. The quantitative estimate of drug-likeness (QED) is 0.631. The highest BCUT2D eigenvalue weighted by Gasteiger charge is 2.29. The fourth-order valence-corrected chi connectivity index (χ4v) is 5.23. The third kappa shape index (κ3) is 3.91. The Bertz CT molecular complexity index is 1290. The van der Waals surface area contributed by atoms with Crippen molar-refractivity contribution in [1.29, 1.82) is 0 Å². The molecule has 33 heavy (non-hydrogen) atoms. The molecule has 0 amide bonds. The standard InChI is InChI=1S/C24H28ClN5O3/c1-15-7-3-4-8-17(15)16(2)29-19-10-11-28(14-18(19)23(31)27-29)20-13-26-30(24(32)22(20)25)21-9-5-6-12-33-21/h3-4,7-8,13,16,21H,5-6,9-12,14H2,1-2H3,(H,27,31). The second kappa shape index (κ2) is 8.83. The van der Waals surface area contributed by atoms with Gasteiger partial charge in [-0.1, -0.05) is 35.9 Å². The first-order valence-electron chi connectivity index (χ1n) is 11.5. The van der Waals surface area contributed by atoms with Crippen LogP contribution in [0.3, 0.4) is 0 Å². The van der Waals surface area contributed by atoms with E-state index in [0.717, 1.165) is 25.0 Å². The maximum atomic E-state index is 12.9. The van der Waals surface area contributed by atoms with Crippen molar-refractivity contribution in [3.8, 4) is 0 Å². The molecule has 2 unspecified atom stereocenters. The number of halogens is 1. The molecular formula is C24H28ClN5O3. The summed E-state index contributed by atoms with van der Waals surface area (Å²) in [7, 11) is 0. The maximum absolute atomic E-state index is 12.9. The van der Waals surface area contributed by atoms with Gasteiger partial charge in [-0.3, -0.25) is 19.4 Å². The summed E-state index contributed by atoms with van der Waals surface area (Å²) >= 11 is 6.51. The van der Waals surface area contributed by atoms with Gasteiger partial charge in [0.2, 0.25) is 0 Å². The third-order valence-electron chi connectivity index (χ3n) is 6.82. The van der Waals surface area contributed by atoms with Crippen molar-refractivity contribution >= 4 is 17.3 Å². The molecule has 0 radical (unpaired) electrons. The molecule has 2 aromatic heterocycles. The zero-order chi connectivity index (χ0) is 23.1. The Morgan fingerprint density at radius 1 is 1.24 bits per heavy atom. The molecule has 2 atom stereocenters. The molecule has 174 valence electrons. The Morgan fingerprint density at radius 2 is 2.06 bits per heavy atom. The van der Waals surface area contributed by atoms with E-state index in [9.17, 15) is 9.59 Å². The second-order valence-electron chi connectivity index (χ2n) is 8.86. The van der Waals surface area contributed by atoms with Gasteiger partial charge in [-0.15, -0.1) is 0 Å². The highest BCUT2D eigenvalue weighted by molar-refractivity contribution is 6.33. The Hall–Kier alpha value is -2.84. The van der Waals surface area contributed by atoms with E-state index in [2.05, 4.69) is 36.2 Å². The van der Waals surface area contributed by atoms with E-state index < -0.39 is 0 Å². The summed E-state index contributed by atoms with van der Waals surface area (Å²) in [6.45, 7) is 5.81. The highest BCUT2D eigenvalue weighted by Crippen LogP contribution is 2.30. The summed E-state index contributed by atoms with van der Waals surface area (Å²) in [4.78, 5) is 27.7. The monoisotopic (exact) mass is 469 g/mol. The highest BCUT2D eigenvalue weighted by atomic mass is 35.5. The van der Waals surface area contributed by atoms with E-state index in [1.54, 1.807) is 6.20 Å². The SMILES string of the molecule is Cc1ccccc1C(C)n1[nH]c(=O)c2c1CCN(c1cnn(C3CCCCO3)c(=O)c1Cl)C2. The number of hydrogen-bond donors (Lipinski definition) is 1.